The molecule has 0 aliphatic carbocycles. The predicted octanol–water partition coefficient (Wildman–Crippen LogP) is 3.80. The van der Waals surface area contributed by atoms with E-state index in [4.69, 9.17) is 23.2 Å². The number of hydrogen-bond acceptors (Lipinski definition) is 2. The van der Waals surface area contributed by atoms with E-state index < -0.39 is 0 Å². The monoisotopic (exact) mass is 319 g/mol. The highest BCUT2D eigenvalue weighted by atomic mass is 35.5. The molecule has 6 heteroatoms. The Bertz CT molecular complexity index is 760. The van der Waals surface area contributed by atoms with Crippen LogP contribution in [0.3, 0.4) is 0 Å². The van der Waals surface area contributed by atoms with E-state index in [9.17, 15) is 4.79 Å². The maximum Gasteiger partial charge on any atom is 0.254 e. The van der Waals surface area contributed by atoms with Gasteiger partial charge < -0.3 is 10.3 Å². The SMILES string of the molecule is O=C(NCc1nc2ccccc2[nH]1)c1c(Cl)cccc1Cl. The van der Waals surface area contributed by atoms with E-state index in [0.717, 1.165) is 11.0 Å². The molecule has 21 heavy (non-hydrogen) atoms. The van der Waals surface area contributed by atoms with Gasteiger partial charge in [-0.15, -0.1) is 0 Å². The third-order valence-electron chi connectivity index (χ3n) is 3.04. The molecule has 0 unspecified atom stereocenters. The fraction of sp³-hybridized carbons (Fsp3) is 0.0667. The first-order valence-electron chi connectivity index (χ1n) is 6.31. The van der Waals surface area contributed by atoms with Gasteiger partial charge in [-0.1, -0.05) is 41.4 Å². The summed E-state index contributed by atoms with van der Waals surface area (Å²) in [6, 6.07) is 12.6. The maximum absolute atomic E-state index is 12.2. The molecule has 1 amide bonds. The number of para-hydroxylation sites is 2. The van der Waals surface area contributed by atoms with E-state index in [2.05, 4.69) is 15.3 Å². The molecule has 106 valence electrons. The van der Waals surface area contributed by atoms with E-state index in [1.165, 1.54) is 0 Å². The molecule has 0 atom stereocenters. The van der Waals surface area contributed by atoms with Crippen LogP contribution in [0.4, 0.5) is 0 Å². The smallest absolute Gasteiger partial charge is 0.254 e. The fourth-order valence-electron chi connectivity index (χ4n) is 2.06. The Morgan fingerprint density at radius 3 is 2.52 bits per heavy atom. The van der Waals surface area contributed by atoms with Crippen molar-refractivity contribution in [1.82, 2.24) is 15.3 Å². The average molecular weight is 320 g/mol. The minimum Gasteiger partial charge on any atom is -0.345 e. The number of rotatable bonds is 3. The molecule has 0 spiro atoms. The highest BCUT2D eigenvalue weighted by Crippen LogP contribution is 2.24. The minimum atomic E-state index is -0.328. The number of amides is 1. The quantitative estimate of drug-likeness (QED) is 0.771. The standard InChI is InChI=1S/C15H11Cl2N3O/c16-9-4-3-5-10(17)14(9)15(21)18-8-13-19-11-6-1-2-7-12(11)20-13/h1-7H,8H2,(H,18,21)(H,19,20). The van der Waals surface area contributed by atoms with Crippen LogP contribution in [0.1, 0.15) is 16.2 Å². The summed E-state index contributed by atoms with van der Waals surface area (Å²) in [5.74, 6) is 0.346. The Labute approximate surface area is 131 Å². The van der Waals surface area contributed by atoms with Gasteiger partial charge in [-0.2, -0.15) is 0 Å². The zero-order valence-electron chi connectivity index (χ0n) is 10.9. The molecular weight excluding hydrogens is 309 g/mol. The first-order valence-corrected chi connectivity index (χ1v) is 7.06. The van der Waals surface area contributed by atoms with Crippen LogP contribution in [0.5, 0.6) is 0 Å². The number of fused-ring (bicyclic) bond motifs is 1. The molecule has 2 N–H and O–H groups in total. The van der Waals surface area contributed by atoms with Crippen LogP contribution in [0.2, 0.25) is 10.0 Å². The van der Waals surface area contributed by atoms with E-state index in [1.54, 1.807) is 18.2 Å². The molecule has 0 aliphatic heterocycles. The summed E-state index contributed by atoms with van der Waals surface area (Å²) in [4.78, 5) is 19.7. The molecule has 0 saturated carbocycles. The predicted molar refractivity (Wildman–Crippen MR) is 83.7 cm³/mol. The van der Waals surface area contributed by atoms with Crippen molar-refractivity contribution in [3.05, 3.63) is 63.9 Å². The van der Waals surface area contributed by atoms with Crippen molar-refractivity contribution < 1.29 is 4.79 Å². The Morgan fingerprint density at radius 2 is 1.81 bits per heavy atom. The molecule has 0 bridgehead atoms. The van der Waals surface area contributed by atoms with Crippen molar-refractivity contribution >= 4 is 40.1 Å². The van der Waals surface area contributed by atoms with Crippen molar-refractivity contribution in [3.63, 3.8) is 0 Å². The van der Waals surface area contributed by atoms with Gasteiger partial charge in [-0.3, -0.25) is 4.79 Å². The van der Waals surface area contributed by atoms with Gasteiger partial charge in [-0.05, 0) is 24.3 Å². The van der Waals surface area contributed by atoms with E-state index in [1.807, 2.05) is 24.3 Å². The van der Waals surface area contributed by atoms with Crippen molar-refractivity contribution in [2.45, 2.75) is 6.54 Å². The number of aromatic amines is 1. The summed E-state index contributed by atoms with van der Waals surface area (Å²) >= 11 is 12.0. The van der Waals surface area contributed by atoms with Crippen molar-refractivity contribution in [2.24, 2.45) is 0 Å². The lowest BCUT2D eigenvalue weighted by Gasteiger charge is -2.07. The fourth-order valence-corrected chi connectivity index (χ4v) is 2.63. The third-order valence-corrected chi connectivity index (χ3v) is 3.67. The van der Waals surface area contributed by atoms with Crippen molar-refractivity contribution in [3.8, 4) is 0 Å². The van der Waals surface area contributed by atoms with Crippen LogP contribution in [-0.2, 0) is 6.54 Å². The number of H-pyrrole nitrogens is 1. The second-order valence-corrected chi connectivity index (χ2v) is 5.29. The van der Waals surface area contributed by atoms with Gasteiger partial charge in [0, 0.05) is 0 Å². The summed E-state index contributed by atoms with van der Waals surface area (Å²) in [5, 5.41) is 3.40. The third kappa shape index (κ3) is 2.86. The summed E-state index contributed by atoms with van der Waals surface area (Å²) in [5.41, 5.74) is 2.06. The van der Waals surface area contributed by atoms with Crippen LogP contribution in [0.25, 0.3) is 11.0 Å². The van der Waals surface area contributed by atoms with Gasteiger partial charge >= 0.3 is 0 Å². The number of nitrogens with one attached hydrogen (secondary N) is 2. The van der Waals surface area contributed by atoms with Crippen LogP contribution < -0.4 is 5.32 Å². The van der Waals surface area contributed by atoms with Gasteiger partial charge in [0.05, 0.1) is 33.2 Å². The second-order valence-electron chi connectivity index (χ2n) is 4.48. The molecule has 3 rings (SSSR count). The summed E-state index contributed by atoms with van der Waals surface area (Å²) < 4.78 is 0. The van der Waals surface area contributed by atoms with Crippen LogP contribution in [-0.4, -0.2) is 15.9 Å². The second kappa shape index (κ2) is 5.76. The lowest BCUT2D eigenvalue weighted by atomic mass is 10.2. The van der Waals surface area contributed by atoms with Gasteiger partial charge in [0.1, 0.15) is 5.82 Å². The van der Waals surface area contributed by atoms with Crippen LogP contribution >= 0.6 is 23.2 Å². The summed E-state index contributed by atoms with van der Waals surface area (Å²) in [7, 11) is 0. The molecule has 4 nitrogen and oxygen atoms in total. The Morgan fingerprint density at radius 1 is 1.10 bits per heavy atom. The first-order chi connectivity index (χ1) is 10.1. The number of nitrogens with zero attached hydrogens (tertiary/aromatic N) is 1. The van der Waals surface area contributed by atoms with Gasteiger partial charge in [-0.25, -0.2) is 4.98 Å². The first kappa shape index (κ1) is 13.9. The van der Waals surface area contributed by atoms with Crippen LogP contribution in [0, 0.1) is 0 Å². The lowest BCUT2D eigenvalue weighted by Crippen LogP contribution is -2.24. The summed E-state index contributed by atoms with van der Waals surface area (Å²) in [6.07, 6.45) is 0. The Kier molecular flexibility index (Phi) is 3.82. The molecule has 2 aromatic carbocycles. The molecule has 0 aliphatic rings. The normalized spacial score (nSPS) is 10.8. The Balaban J connectivity index is 1.76. The highest BCUT2D eigenvalue weighted by molar-refractivity contribution is 6.39. The molecule has 1 aromatic heterocycles. The number of imidazole rings is 1. The maximum atomic E-state index is 12.2. The zero-order valence-corrected chi connectivity index (χ0v) is 12.4. The molecule has 1 heterocycles. The average Bonchev–Trinajstić information content (AvgIpc) is 2.87. The number of carbonyl (C=O) groups excluding carboxylic acids is 1. The molecular formula is C15H11Cl2N3O. The van der Waals surface area contributed by atoms with Gasteiger partial charge in [0.25, 0.3) is 5.91 Å². The van der Waals surface area contributed by atoms with Gasteiger partial charge in [0.2, 0.25) is 0 Å². The van der Waals surface area contributed by atoms with Crippen molar-refractivity contribution in [2.75, 3.05) is 0 Å². The topological polar surface area (TPSA) is 57.8 Å². The number of carbonyl (C=O) groups is 1. The number of halogens is 2. The highest BCUT2D eigenvalue weighted by Gasteiger charge is 2.14. The Hall–Kier alpha value is -2.04. The van der Waals surface area contributed by atoms with E-state index in [-0.39, 0.29) is 18.0 Å². The molecule has 0 fully saturated rings. The molecule has 0 radical (unpaired) electrons. The minimum absolute atomic E-state index is 0.273. The number of aromatic nitrogens is 2. The van der Waals surface area contributed by atoms with Crippen LogP contribution in [0.15, 0.2) is 42.5 Å². The lowest BCUT2D eigenvalue weighted by molar-refractivity contribution is 0.0950. The largest absolute Gasteiger partial charge is 0.345 e. The van der Waals surface area contributed by atoms with E-state index >= 15 is 0 Å². The zero-order chi connectivity index (χ0) is 14.8. The number of hydrogen-bond donors (Lipinski definition) is 2. The number of benzene rings is 2. The molecule has 3 aromatic rings. The van der Waals surface area contributed by atoms with Gasteiger partial charge in [0.15, 0.2) is 0 Å². The van der Waals surface area contributed by atoms with Crippen molar-refractivity contribution in [1.29, 1.82) is 0 Å². The molecule has 0 saturated heterocycles. The van der Waals surface area contributed by atoms with E-state index in [0.29, 0.717) is 15.9 Å². The summed E-state index contributed by atoms with van der Waals surface area (Å²) in [6.45, 7) is 0.273.